The molecule has 0 amide bonds. The summed E-state index contributed by atoms with van der Waals surface area (Å²) in [6, 6.07) is 16.5. The molecule has 0 fully saturated rings. The van der Waals surface area contributed by atoms with E-state index in [1.165, 1.54) is 18.2 Å². The normalized spacial score (nSPS) is 11.2. The lowest BCUT2D eigenvalue weighted by molar-refractivity contribution is 0.104. The van der Waals surface area contributed by atoms with Crippen molar-refractivity contribution in [3.63, 3.8) is 0 Å². The molecule has 0 aliphatic heterocycles. The third-order valence-electron chi connectivity index (χ3n) is 3.57. The number of rotatable bonds is 3. The number of hydrogen-bond donors (Lipinski definition) is 2. The van der Waals surface area contributed by atoms with E-state index >= 15 is 0 Å². The van der Waals surface area contributed by atoms with Crippen molar-refractivity contribution in [2.24, 2.45) is 0 Å². The summed E-state index contributed by atoms with van der Waals surface area (Å²) in [4.78, 5) is 12.3. The Bertz CT molecular complexity index is 924. The van der Waals surface area contributed by atoms with Gasteiger partial charge in [-0.25, -0.2) is 0 Å². The quantitative estimate of drug-likeness (QED) is 0.368. The molecular formula is C19H13IO3. The monoisotopic (exact) mass is 416 g/mol. The zero-order chi connectivity index (χ0) is 16.4. The van der Waals surface area contributed by atoms with Crippen LogP contribution < -0.4 is 0 Å². The van der Waals surface area contributed by atoms with E-state index in [1.54, 1.807) is 6.08 Å². The molecule has 0 spiro atoms. The summed E-state index contributed by atoms with van der Waals surface area (Å²) in [6.07, 6.45) is 3.17. The average Bonchev–Trinajstić information content (AvgIpc) is 2.56. The Labute approximate surface area is 147 Å². The lowest BCUT2D eigenvalue weighted by Gasteiger charge is -2.04. The zero-order valence-corrected chi connectivity index (χ0v) is 14.2. The molecule has 0 radical (unpaired) electrons. The van der Waals surface area contributed by atoms with Crippen molar-refractivity contribution in [3.05, 3.63) is 75.4 Å². The molecule has 4 heteroatoms. The first kappa shape index (κ1) is 15.6. The fourth-order valence-corrected chi connectivity index (χ4v) is 2.87. The van der Waals surface area contributed by atoms with E-state index in [0.717, 1.165) is 16.3 Å². The molecule has 3 nitrogen and oxygen atoms in total. The number of phenols is 2. The van der Waals surface area contributed by atoms with Crippen LogP contribution in [0.4, 0.5) is 0 Å². The van der Waals surface area contributed by atoms with Crippen LogP contribution in [0.25, 0.3) is 16.8 Å². The average molecular weight is 416 g/mol. The van der Waals surface area contributed by atoms with E-state index in [2.05, 4.69) is 0 Å². The van der Waals surface area contributed by atoms with Gasteiger partial charge < -0.3 is 10.2 Å². The van der Waals surface area contributed by atoms with Crippen molar-refractivity contribution < 1.29 is 15.0 Å². The smallest absolute Gasteiger partial charge is 0.189 e. The third kappa shape index (κ3) is 3.22. The molecule has 114 valence electrons. The van der Waals surface area contributed by atoms with Crippen LogP contribution in [0.2, 0.25) is 0 Å². The van der Waals surface area contributed by atoms with Crippen LogP contribution in [0.5, 0.6) is 11.5 Å². The summed E-state index contributed by atoms with van der Waals surface area (Å²) in [7, 11) is 0. The summed E-state index contributed by atoms with van der Waals surface area (Å²) < 4.78 is 0.516. The molecule has 0 aliphatic rings. The number of aromatic hydroxyl groups is 2. The molecule has 0 aliphatic carbocycles. The fraction of sp³-hybridized carbons (Fsp3) is 0. The highest BCUT2D eigenvalue weighted by atomic mass is 127. The summed E-state index contributed by atoms with van der Waals surface area (Å²) in [6.45, 7) is 0. The Balaban J connectivity index is 1.96. The minimum atomic E-state index is -0.312. The number of hydrogen-bond acceptors (Lipinski definition) is 3. The van der Waals surface area contributed by atoms with Crippen molar-refractivity contribution in [2.75, 3.05) is 0 Å². The largest absolute Gasteiger partial charge is 0.507 e. The predicted octanol–water partition coefficient (Wildman–Crippen LogP) is 4.75. The summed E-state index contributed by atoms with van der Waals surface area (Å²) >= 11 is 1.91. The Morgan fingerprint density at radius 1 is 0.957 bits per heavy atom. The number of allylic oxidation sites excluding steroid dienone is 1. The van der Waals surface area contributed by atoms with Crippen LogP contribution in [-0.2, 0) is 0 Å². The van der Waals surface area contributed by atoms with E-state index < -0.39 is 0 Å². The minimum absolute atomic E-state index is 0.0438. The standard InChI is InChI=1S/C19H13IO3/c20-16-10-15(18(22)11-19(16)23)17(21)9-8-13-6-3-5-12-4-1-2-7-14(12)13/h1-11,22-23H. The van der Waals surface area contributed by atoms with E-state index in [1.807, 2.05) is 65.1 Å². The second-order valence-electron chi connectivity index (χ2n) is 5.09. The molecule has 0 saturated heterocycles. The molecule has 0 heterocycles. The van der Waals surface area contributed by atoms with Gasteiger partial charge in [0.1, 0.15) is 11.5 Å². The summed E-state index contributed by atoms with van der Waals surface area (Å²) in [5, 5.41) is 21.5. The first-order valence-electron chi connectivity index (χ1n) is 6.98. The highest BCUT2D eigenvalue weighted by molar-refractivity contribution is 14.1. The van der Waals surface area contributed by atoms with Gasteiger partial charge in [-0.1, -0.05) is 48.5 Å². The van der Waals surface area contributed by atoms with Crippen molar-refractivity contribution in [2.45, 2.75) is 0 Å². The van der Waals surface area contributed by atoms with Gasteiger partial charge in [0.05, 0.1) is 9.13 Å². The van der Waals surface area contributed by atoms with E-state index in [9.17, 15) is 15.0 Å². The first-order chi connectivity index (χ1) is 11.1. The Hall–Kier alpha value is -2.34. The molecule has 0 bridgehead atoms. The van der Waals surface area contributed by atoms with E-state index in [0.29, 0.717) is 3.57 Å². The van der Waals surface area contributed by atoms with E-state index in [-0.39, 0.29) is 22.8 Å². The number of halogens is 1. The molecule has 0 unspecified atom stereocenters. The number of carbonyl (C=O) groups is 1. The second-order valence-corrected chi connectivity index (χ2v) is 6.25. The number of benzene rings is 3. The maximum absolute atomic E-state index is 12.3. The molecule has 2 N–H and O–H groups in total. The van der Waals surface area contributed by atoms with Gasteiger partial charge in [-0.15, -0.1) is 0 Å². The fourth-order valence-electron chi connectivity index (χ4n) is 2.40. The van der Waals surface area contributed by atoms with Gasteiger partial charge in [0.25, 0.3) is 0 Å². The lowest BCUT2D eigenvalue weighted by atomic mass is 10.0. The maximum atomic E-state index is 12.3. The van der Waals surface area contributed by atoms with Crippen LogP contribution in [-0.4, -0.2) is 16.0 Å². The topological polar surface area (TPSA) is 57.5 Å². The zero-order valence-electron chi connectivity index (χ0n) is 12.0. The molecule has 3 rings (SSSR count). The van der Waals surface area contributed by atoms with Crippen molar-refractivity contribution in [3.8, 4) is 11.5 Å². The van der Waals surface area contributed by atoms with Gasteiger partial charge in [-0.2, -0.15) is 0 Å². The van der Waals surface area contributed by atoms with Gasteiger partial charge in [0.15, 0.2) is 5.78 Å². The molecule has 3 aromatic rings. The highest BCUT2D eigenvalue weighted by Gasteiger charge is 2.12. The number of ketones is 1. The number of fused-ring (bicyclic) bond motifs is 1. The molecule has 23 heavy (non-hydrogen) atoms. The second kappa shape index (κ2) is 6.42. The summed E-state index contributed by atoms with van der Waals surface area (Å²) in [5.74, 6) is -0.582. The maximum Gasteiger partial charge on any atom is 0.189 e. The lowest BCUT2D eigenvalue weighted by Crippen LogP contribution is -1.96. The van der Waals surface area contributed by atoms with Gasteiger partial charge in [0, 0.05) is 6.07 Å². The number of phenolic OH excluding ortho intramolecular Hbond substituents is 2. The van der Waals surface area contributed by atoms with Crippen molar-refractivity contribution in [1.29, 1.82) is 0 Å². The third-order valence-corrected chi connectivity index (χ3v) is 4.43. The van der Waals surface area contributed by atoms with Crippen LogP contribution in [0.1, 0.15) is 15.9 Å². The summed E-state index contributed by atoms with van der Waals surface area (Å²) in [5.41, 5.74) is 1.10. The SMILES string of the molecule is O=C(C=Cc1cccc2ccccc12)c1cc(I)c(O)cc1O. The molecule has 0 aromatic heterocycles. The van der Waals surface area contributed by atoms with Crippen LogP contribution in [0, 0.1) is 3.57 Å². The van der Waals surface area contributed by atoms with E-state index in [4.69, 9.17) is 0 Å². The van der Waals surface area contributed by atoms with Gasteiger partial charge in [-0.3, -0.25) is 4.79 Å². The van der Waals surface area contributed by atoms with Crippen molar-refractivity contribution in [1.82, 2.24) is 0 Å². The van der Waals surface area contributed by atoms with Gasteiger partial charge in [0.2, 0.25) is 0 Å². The Morgan fingerprint density at radius 2 is 1.70 bits per heavy atom. The Morgan fingerprint density at radius 3 is 2.52 bits per heavy atom. The Kier molecular flexibility index (Phi) is 4.34. The number of carbonyl (C=O) groups excluding carboxylic acids is 1. The molecule has 0 atom stereocenters. The van der Waals surface area contributed by atoms with Crippen LogP contribution >= 0.6 is 22.6 Å². The molecule has 3 aromatic carbocycles. The van der Waals surface area contributed by atoms with Gasteiger partial charge in [-0.05, 0) is 51.1 Å². The minimum Gasteiger partial charge on any atom is -0.507 e. The van der Waals surface area contributed by atoms with Crippen LogP contribution in [0.3, 0.4) is 0 Å². The van der Waals surface area contributed by atoms with Gasteiger partial charge >= 0.3 is 0 Å². The predicted molar refractivity (Wildman–Crippen MR) is 99.8 cm³/mol. The molecule has 0 saturated carbocycles. The first-order valence-corrected chi connectivity index (χ1v) is 8.06. The highest BCUT2D eigenvalue weighted by Crippen LogP contribution is 2.29. The molecular weight excluding hydrogens is 403 g/mol. The van der Waals surface area contributed by atoms with Crippen LogP contribution in [0.15, 0.2) is 60.7 Å². The van der Waals surface area contributed by atoms with Crippen molar-refractivity contribution >= 4 is 45.2 Å².